The lowest BCUT2D eigenvalue weighted by atomic mass is 9.73. The molecule has 10 nitrogen and oxygen atoms in total. The van der Waals surface area contributed by atoms with Crippen molar-refractivity contribution < 1.29 is 0 Å². The number of aromatic amines is 1. The molecule has 1 saturated heterocycles. The van der Waals surface area contributed by atoms with Crippen molar-refractivity contribution in [2.45, 2.75) is 25.4 Å². The summed E-state index contributed by atoms with van der Waals surface area (Å²) in [4.78, 5) is 26.5. The Balaban J connectivity index is 1.60. The molecule has 0 aromatic carbocycles. The maximum absolute atomic E-state index is 9.42. The van der Waals surface area contributed by atoms with Gasteiger partial charge in [0, 0.05) is 36.5 Å². The van der Waals surface area contributed by atoms with Gasteiger partial charge in [0.1, 0.15) is 29.5 Å². The van der Waals surface area contributed by atoms with Gasteiger partial charge < -0.3 is 15.6 Å². The molecule has 0 aliphatic carbocycles. The van der Waals surface area contributed by atoms with E-state index < -0.39 is 0 Å². The Labute approximate surface area is 161 Å². The summed E-state index contributed by atoms with van der Waals surface area (Å²) in [6, 6.07) is 4.21. The summed E-state index contributed by atoms with van der Waals surface area (Å²) in [5.74, 6) is 0.211. The lowest BCUT2D eigenvalue weighted by molar-refractivity contribution is 0.123. The van der Waals surface area contributed by atoms with E-state index in [4.69, 9.17) is 16.0 Å². The number of likely N-dealkylation sites (tertiary alicyclic amines) is 1. The molecule has 2 aromatic rings. The van der Waals surface area contributed by atoms with Crippen LogP contribution in [-0.2, 0) is 0 Å². The number of guanidine groups is 1. The first-order valence-electron chi connectivity index (χ1n) is 8.90. The van der Waals surface area contributed by atoms with Gasteiger partial charge in [0.05, 0.1) is 12.3 Å². The SMILES string of the molecule is N#CCC1(C2N=CC(c3ncnc4[nH]ccc34)=N2)CCN(/C(N)=N\C#N)CC1. The van der Waals surface area contributed by atoms with Gasteiger partial charge in [0.25, 0.3) is 0 Å². The highest BCUT2D eigenvalue weighted by atomic mass is 15.3. The minimum Gasteiger partial charge on any atom is -0.369 e. The molecule has 2 aliphatic rings. The number of aromatic nitrogens is 3. The molecule has 2 aliphatic heterocycles. The third-order valence-corrected chi connectivity index (χ3v) is 5.42. The van der Waals surface area contributed by atoms with Crippen molar-refractivity contribution >= 4 is 28.9 Å². The van der Waals surface area contributed by atoms with Crippen molar-refractivity contribution in [2.75, 3.05) is 13.1 Å². The summed E-state index contributed by atoms with van der Waals surface area (Å²) >= 11 is 0. The Hall–Kier alpha value is -3.79. The van der Waals surface area contributed by atoms with E-state index in [0.29, 0.717) is 38.1 Å². The van der Waals surface area contributed by atoms with Gasteiger partial charge in [-0.1, -0.05) is 0 Å². The van der Waals surface area contributed by atoms with Crippen molar-refractivity contribution in [3.8, 4) is 12.3 Å². The molecule has 0 amide bonds. The zero-order chi connectivity index (χ0) is 19.6. The second kappa shape index (κ2) is 7.08. The van der Waals surface area contributed by atoms with Crippen LogP contribution in [0.1, 0.15) is 25.0 Å². The van der Waals surface area contributed by atoms with Gasteiger partial charge in [0.2, 0.25) is 12.2 Å². The molecule has 10 heteroatoms. The number of hydrogen-bond donors (Lipinski definition) is 2. The van der Waals surface area contributed by atoms with E-state index in [1.165, 1.54) is 6.33 Å². The van der Waals surface area contributed by atoms with E-state index in [-0.39, 0.29) is 17.5 Å². The molecule has 0 bridgehead atoms. The van der Waals surface area contributed by atoms with Gasteiger partial charge in [-0.2, -0.15) is 10.5 Å². The summed E-state index contributed by atoms with van der Waals surface area (Å²) in [6.45, 7) is 1.20. The average molecular weight is 374 g/mol. The van der Waals surface area contributed by atoms with Crippen molar-refractivity contribution in [3.05, 3.63) is 24.3 Å². The third kappa shape index (κ3) is 2.95. The quantitative estimate of drug-likeness (QED) is 0.463. The topological polar surface area (TPSA) is 155 Å². The van der Waals surface area contributed by atoms with Gasteiger partial charge in [-0.15, -0.1) is 4.99 Å². The fraction of sp³-hybridized carbons (Fsp3) is 0.389. The number of rotatable bonds is 3. The van der Waals surface area contributed by atoms with Crippen molar-refractivity contribution in [2.24, 2.45) is 26.1 Å². The lowest BCUT2D eigenvalue weighted by Crippen LogP contribution is -2.49. The molecule has 0 saturated carbocycles. The van der Waals surface area contributed by atoms with Crippen LogP contribution in [0.5, 0.6) is 0 Å². The standard InChI is InChI=1S/C18H18N10/c19-5-2-18(3-7-28(8-4-18)17(21)24-10-20)16-23-9-13(27-16)14-12-1-6-22-15(12)26-11-25-14/h1,6,9,11,16H,2-4,7-8H2,(H2,21,24)(H,22,25,26). The minimum absolute atomic E-state index is 0.211. The molecule has 1 unspecified atom stereocenters. The monoisotopic (exact) mass is 374 g/mol. The van der Waals surface area contributed by atoms with E-state index in [2.05, 4.69) is 31.0 Å². The first-order valence-corrected chi connectivity index (χ1v) is 8.90. The molecule has 1 fully saturated rings. The Morgan fingerprint density at radius 1 is 1.36 bits per heavy atom. The Morgan fingerprint density at radius 2 is 2.18 bits per heavy atom. The van der Waals surface area contributed by atoms with Crippen LogP contribution >= 0.6 is 0 Å². The van der Waals surface area contributed by atoms with E-state index in [9.17, 15) is 5.26 Å². The Bertz CT molecular complexity index is 1060. The van der Waals surface area contributed by atoms with Crippen molar-refractivity contribution in [1.82, 2.24) is 19.9 Å². The van der Waals surface area contributed by atoms with Crippen LogP contribution in [0.3, 0.4) is 0 Å². The predicted octanol–water partition coefficient (Wildman–Crippen LogP) is 0.949. The predicted molar refractivity (Wildman–Crippen MR) is 103 cm³/mol. The molecule has 1 atom stereocenters. The van der Waals surface area contributed by atoms with Gasteiger partial charge >= 0.3 is 0 Å². The molecular weight excluding hydrogens is 356 g/mol. The highest BCUT2D eigenvalue weighted by Crippen LogP contribution is 2.41. The van der Waals surface area contributed by atoms with Crippen LogP contribution in [0, 0.1) is 28.2 Å². The molecule has 0 radical (unpaired) electrons. The van der Waals surface area contributed by atoms with E-state index in [1.807, 2.05) is 17.2 Å². The van der Waals surface area contributed by atoms with Crippen molar-refractivity contribution in [1.29, 1.82) is 10.5 Å². The molecule has 0 spiro atoms. The van der Waals surface area contributed by atoms with Crippen LogP contribution in [0.2, 0.25) is 0 Å². The summed E-state index contributed by atoms with van der Waals surface area (Å²) in [5, 5.41) is 19.0. The second-order valence-electron chi connectivity index (χ2n) is 6.88. The minimum atomic E-state index is -0.374. The number of aliphatic imine (C=N–C) groups is 3. The highest BCUT2D eigenvalue weighted by Gasteiger charge is 2.43. The smallest absolute Gasteiger partial charge is 0.209 e. The summed E-state index contributed by atoms with van der Waals surface area (Å²) < 4.78 is 0. The number of hydrogen-bond acceptors (Lipinski definition) is 7. The fourth-order valence-electron chi connectivity index (χ4n) is 3.82. The van der Waals surface area contributed by atoms with Crippen molar-refractivity contribution in [3.63, 3.8) is 0 Å². The zero-order valence-electron chi connectivity index (χ0n) is 15.1. The Morgan fingerprint density at radius 3 is 2.93 bits per heavy atom. The van der Waals surface area contributed by atoms with Gasteiger partial charge in [0.15, 0.2) is 0 Å². The van der Waals surface area contributed by atoms with E-state index in [1.54, 1.807) is 12.4 Å². The zero-order valence-corrected chi connectivity index (χ0v) is 15.1. The third-order valence-electron chi connectivity index (χ3n) is 5.42. The fourth-order valence-corrected chi connectivity index (χ4v) is 3.82. The summed E-state index contributed by atoms with van der Waals surface area (Å²) in [5.41, 5.74) is 7.63. The number of piperidine rings is 1. The summed E-state index contributed by atoms with van der Waals surface area (Å²) in [7, 11) is 0. The lowest BCUT2D eigenvalue weighted by Gasteiger charge is -2.42. The van der Waals surface area contributed by atoms with Gasteiger partial charge in [-0.05, 0) is 18.9 Å². The molecule has 2 aromatic heterocycles. The molecule has 3 N–H and O–H groups in total. The number of H-pyrrole nitrogens is 1. The highest BCUT2D eigenvalue weighted by molar-refractivity contribution is 6.40. The number of nitrogens with two attached hydrogens (primary N) is 1. The number of nitrogens with zero attached hydrogens (tertiary/aromatic N) is 8. The Kier molecular flexibility index (Phi) is 4.45. The molecular formula is C18H18N10. The van der Waals surface area contributed by atoms with Crippen LogP contribution in [0.4, 0.5) is 0 Å². The van der Waals surface area contributed by atoms with E-state index >= 15 is 0 Å². The second-order valence-corrected chi connectivity index (χ2v) is 6.88. The molecule has 4 heterocycles. The number of fused-ring (bicyclic) bond motifs is 1. The van der Waals surface area contributed by atoms with Crippen LogP contribution in [0.15, 0.2) is 33.6 Å². The van der Waals surface area contributed by atoms with Crippen LogP contribution < -0.4 is 5.73 Å². The van der Waals surface area contributed by atoms with Crippen LogP contribution in [-0.4, -0.2) is 57.0 Å². The average Bonchev–Trinajstić information content (AvgIpc) is 3.38. The number of nitriles is 2. The molecule has 140 valence electrons. The van der Waals surface area contributed by atoms with E-state index in [0.717, 1.165) is 16.7 Å². The molecule has 4 rings (SSSR count). The maximum Gasteiger partial charge on any atom is 0.209 e. The number of nitrogens with one attached hydrogen (secondary N) is 1. The largest absolute Gasteiger partial charge is 0.369 e. The maximum atomic E-state index is 9.42. The van der Waals surface area contributed by atoms with Crippen LogP contribution in [0.25, 0.3) is 11.0 Å². The first kappa shape index (κ1) is 17.6. The summed E-state index contributed by atoms with van der Waals surface area (Å²) in [6.07, 6.45) is 8.13. The molecule has 28 heavy (non-hydrogen) atoms. The normalized spacial score (nSPS) is 21.4. The van der Waals surface area contributed by atoms with Gasteiger partial charge in [-0.25, -0.2) is 9.97 Å². The van der Waals surface area contributed by atoms with Gasteiger partial charge in [-0.3, -0.25) is 9.98 Å². The first-order chi connectivity index (χ1) is 13.7.